The summed E-state index contributed by atoms with van der Waals surface area (Å²) < 4.78 is 0. The standard InChI is InChI=1S/C17H23N3O/c18-16(12-14-6-2-1-3-7-14)17(21)13-19-11-9-15-8-4-5-10-20-15/h1-8,10,16-17,19,21H,9,11-13,18H2/t16-,17+/m0/s1. The molecule has 0 fully saturated rings. The molecule has 0 bridgehead atoms. The van der Waals surface area contributed by atoms with Crippen LogP contribution in [0.25, 0.3) is 0 Å². The molecule has 4 nitrogen and oxygen atoms in total. The zero-order valence-electron chi connectivity index (χ0n) is 12.2. The number of nitrogens with two attached hydrogens (primary N) is 1. The molecule has 0 saturated heterocycles. The quantitative estimate of drug-likeness (QED) is 0.636. The lowest BCUT2D eigenvalue weighted by molar-refractivity contribution is 0.142. The summed E-state index contributed by atoms with van der Waals surface area (Å²) in [5.74, 6) is 0. The monoisotopic (exact) mass is 285 g/mol. The molecule has 21 heavy (non-hydrogen) atoms. The largest absolute Gasteiger partial charge is 0.390 e. The molecule has 1 heterocycles. The topological polar surface area (TPSA) is 71.2 Å². The second kappa shape index (κ2) is 8.52. The second-order valence-corrected chi connectivity index (χ2v) is 5.20. The number of aliphatic hydroxyl groups excluding tert-OH is 1. The van der Waals surface area contributed by atoms with Gasteiger partial charge in [0.15, 0.2) is 0 Å². The van der Waals surface area contributed by atoms with E-state index in [1.807, 2.05) is 48.5 Å². The lowest BCUT2D eigenvalue weighted by Gasteiger charge is -2.19. The van der Waals surface area contributed by atoms with Crippen molar-refractivity contribution in [1.29, 1.82) is 0 Å². The number of benzene rings is 1. The first-order valence-corrected chi connectivity index (χ1v) is 7.34. The summed E-state index contributed by atoms with van der Waals surface area (Å²) in [5.41, 5.74) is 8.24. The smallest absolute Gasteiger partial charge is 0.0818 e. The molecule has 4 N–H and O–H groups in total. The van der Waals surface area contributed by atoms with E-state index in [9.17, 15) is 5.11 Å². The molecule has 0 aliphatic rings. The molecule has 2 rings (SSSR count). The van der Waals surface area contributed by atoms with Gasteiger partial charge in [-0.3, -0.25) is 4.98 Å². The Kier molecular flexibility index (Phi) is 6.34. The fraction of sp³-hybridized carbons (Fsp3) is 0.353. The highest BCUT2D eigenvalue weighted by molar-refractivity contribution is 5.16. The summed E-state index contributed by atoms with van der Waals surface area (Å²) in [6, 6.07) is 15.6. The van der Waals surface area contributed by atoms with Crippen LogP contribution in [0.5, 0.6) is 0 Å². The zero-order valence-corrected chi connectivity index (χ0v) is 12.2. The summed E-state index contributed by atoms with van der Waals surface area (Å²) in [4.78, 5) is 4.26. The van der Waals surface area contributed by atoms with Crippen molar-refractivity contribution in [2.24, 2.45) is 5.73 Å². The van der Waals surface area contributed by atoms with Crippen molar-refractivity contribution in [2.45, 2.75) is 25.0 Å². The minimum absolute atomic E-state index is 0.255. The van der Waals surface area contributed by atoms with Crippen LogP contribution >= 0.6 is 0 Å². The Bertz CT molecular complexity index is 504. The number of nitrogens with one attached hydrogen (secondary N) is 1. The molecule has 112 valence electrons. The van der Waals surface area contributed by atoms with Gasteiger partial charge >= 0.3 is 0 Å². The van der Waals surface area contributed by atoms with Gasteiger partial charge in [-0.2, -0.15) is 0 Å². The summed E-state index contributed by atoms with van der Waals surface area (Å²) in [7, 11) is 0. The van der Waals surface area contributed by atoms with Crippen molar-refractivity contribution in [1.82, 2.24) is 10.3 Å². The average molecular weight is 285 g/mol. The Labute approximate surface area is 126 Å². The van der Waals surface area contributed by atoms with Crippen LogP contribution in [0.3, 0.4) is 0 Å². The molecule has 0 amide bonds. The number of pyridine rings is 1. The minimum atomic E-state index is -0.547. The third-order valence-electron chi connectivity index (χ3n) is 3.45. The van der Waals surface area contributed by atoms with Gasteiger partial charge in [0.2, 0.25) is 0 Å². The van der Waals surface area contributed by atoms with E-state index in [1.54, 1.807) is 6.20 Å². The molecule has 4 heteroatoms. The van der Waals surface area contributed by atoms with Crippen LogP contribution in [-0.4, -0.2) is 35.3 Å². The average Bonchev–Trinajstić information content (AvgIpc) is 2.53. The molecular weight excluding hydrogens is 262 g/mol. The summed E-state index contributed by atoms with van der Waals surface area (Å²) in [6.45, 7) is 1.28. The van der Waals surface area contributed by atoms with E-state index in [0.29, 0.717) is 13.0 Å². The highest BCUT2D eigenvalue weighted by Gasteiger charge is 2.14. The van der Waals surface area contributed by atoms with Gasteiger partial charge in [0, 0.05) is 37.4 Å². The first kappa shape index (κ1) is 15.6. The molecule has 2 atom stereocenters. The summed E-state index contributed by atoms with van der Waals surface area (Å²) in [6.07, 6.45) is 2.78. The van der Waals surface area contributed by atoms with Gasteiger partial charge in [-0.1, -0.05) is 36.4 Å². The number of rotatable bonds is 8. The van der Waals surface area contributed by atoms with Crippen molar-refractivity contribution in [3.8, 4) is 0 Å². The second-order valence-electron chi connectivity index (χ2n) is 5.20. The Balaban J connectivity index is 1.66. The van der Waals surface area contributed by atoms with Crippen LogP contribution in [-0.2, 0) is 12.8 Å². The number of hydrogen-bond donors (Lipinski definition) is 3. The number of aliphatic hydroxyl groups is 1. The highest BCUT2D eigenvalue weighted by Crippen LogP contribution is 2.04. The molecule has 0 saturated carbocycles. The zero-order chi connectivity index (χ0) is 14.9. The van der Waals surface area contributed by atoms with E-state index < -0.39 is 6.10 Å². The van der Waals surface area contributed by atoms with Crippen LogP contribution in [0.15, 0.2) is 54.7 Å². The van der Waals surface area contributed by atoms with Gasteiger partial charge in [-0.25, -0.2) is 0 Å². The Morgan fingerprint density at radius 2 is 1.86 bits per heavy atom. The molecule has 1 aromatic heterocycles. The van der Waals surface area contributed by atoms with Gasteiger partial charge in [-0.15, -0.1) is 0 Å². The van der Waals surface area contributed by atoms with Crippen molar-refractivity contribution in [2.75, 3.05) is 13.1 Å². The molecule has 0 radical (unpaired) electrons. The van der Waals surface area contributed by atoms with E-state index in [1.165, 1.54) is 0 Å². The molecular formula is C17H23N3O. The van der Waals surface area contributed by atoms with Crippen molar-refractivity contribution < 1.29 is 5.11 Å². The third-order valence-corrected chi connectivity index (χ3v) is 3.45. The molecule has 2 aromatic rings. The minimum Gasteiger partial charge on any atom is -0.390 e. The predicted octanol–water partition coefficient (Wildman–Crippen LogP) is 1.14. The fourth-order valence-corrected chi connectivity index (χ4v) is 2.19. The Hall–Kier alpha value is -1.75. The lowest BCUT2D eigenvalue weighted by atomic mass is 10.0. The van der Waals surface area contributed by atoms with Crippen LogP contribution < -0.4 is 11.1 Å². The van der Waals surface area contributed by atoms with E-state index >= 15 is 0 Å². The molecule has 0 aliphatic heterocycles. The van der Waals surface area contributed by atoms with Gasteiger partial charge in [-0.05, 0) is 24.1 Å². The van der Waals surface area contributed by atoms with Crippen molar-refractivity contribution in [3.05, 3.63) is 66.0 Å². The van der Waals surface area contributed by atoms with Gasteiger partial charge in [0.25, 0.3) is 0 Å². The van der Waals surface area contributed by atoms with E-state index in [0.717, 1.165) is 24.2 Å². The summed E-state index contributed by atoms with van der Waals surface area (Å²) >= 11 is 0. The van der Waals surface area contributed by atoms with E-state index in [-0.39, 0.29) is 6.04 Å². The SMILES string of the molecule is N[C@@H](Cc1ccccc1)[C@H](O)CNCCc1ccccn1. The van der Waals surface area contributed by atoms with Crippen LogP contribution in [0.1, 0.15) is 11.3 Å². The fourth-order valence-electron chi connectivity index (χ4n) is 2.19. The Morgan fingerprint density at radius 1 is 1.10 bits per heavy atom. The molecule has 0 unspecified atom stereocenters. The number of hydrogen-bond acceptors (Lipinski definition) is 4. The third kappa shape index (κ3) is 5.63. The number of aromatic nitrogens is 1. The van der Waals surface area contributed by atoms with Crippen molar-refractivity contribution in [3.63, 3.8) is 0 Å². The maximum absolute atomic E-state index is 10.1. The first-order valence-electron chi connectivity index (χ1n) is 7.34. The molecule has 0 spiro atoms. The van der Waals surface area contributed by atoms with Crippen molar-refractivity contribution >= 4 is 0 Å². The van der Waals surface area contributed by atoms with Gasteiger partial charge < -0.3 is 16.2 Å². The maximum Gasteiger partial charge on any atom is 0.0818 e. The van der Waals surface area contributed by atoms with Crippen LogP contribution in [0.4, 0.5) is 0 Å². The highest BCUT2D eigenvalue weighted by atomic mass is 16.3. The normalized spacial score (nSPS) is 13.8. The first-order chi connectivity index (χ1) is 10.3. The van der Waals surface area contributed by atoms with Crippen LogP contribution in [0, 0.1) is 0 Å². The van der Waals surface area contributed by atoms with Gasteiger partial charge in [0.1, 0.15) is 0 Å². The summed E-state index contributed by atoms with van der Waals surface area (Å²) in [5, 5.41) is 13.3. The van der Waals surface area contributed by atoms with Crippen LogP contribution in [0.2, 0.25) is 0 Å². The predicted molar refractivity (Wildman–Crippen MR) is 84.9 cm³/mol. The maximum atomic E-state index is 10.1. The Morgan fingerprint density at radius 3 is 2.57 bits per heavy atom. The molecule has 0 aliphatic carbocycles. The van der Waals surface area contributed by atoms with E-state index in [4.69, 9.17) is 5.73 Å². The number of nitrogens with zero attached hydrogens (tertiary/aromatic N) is 1. The lowest BCUT2D eigenvalue weighted by Crippen LogP contribution is -2.43. The van der Waals surface area contributed by atoms with E-state index in [2.05, 4.69) is 10.3 Å². The van der Waals surface area contributed by atoms with Gasteiger partial charge in [0.05, 0.1) is 6.10 Å². The molecule has 1 aromatic carbocycles.